The number of anilines is 1. The molecule has 0 saturated carbocycles. The summed E-state index contributed by atoms with van der Waals surface area (Å²) in [4.78, 5) is 4.02. The third kappa shape index (κ3) is 6.18. The Hall–Kier alpha value is -3.41. The Kier molecular flexibility index (Phi) is 7.83. The lowest BCUT2D eigenvalue weighted by molar-refractivity contribution is 0.483. The monoisotopic (exact) mass is 517 g/mol. The van der Waals surface area contributed by atoms with E-state index in [-0.39, 0.29) is 9.79 Å². The van der Waals surface area contributed by atoms with Crippen LogP contribution >= 0.6 is 0 Å². The first-order valence-electron chi connectivity index (χ1n) is 10.6. The number of rotatable bonds is 6. The third-order valence-electron chi connectivity index (χ3n) is 5.27. The summed E-state index contributed by atoms with van der Waals surface area (Å²) in [5.74, 6) is 1.52. The van der Waals surface area contributed by atoms with Crippen LogP contribution in [0.4, 0.5) is 5.69 Å². The molecule has 0 aliphatic rings. The number of benzene rings is 1. The van der Waals surface area contributed by atoms with E-state index >= 15 is 0 Å². The Morgan fingerprint density at radius 2 is 1.66 bits per heavy atom. The molecule has 0 radical (unpaired) electrons. The molecule has 1 aromatic carbocycles. The lowest BCUT2D eigenvalue weighted by atomic mass is 10.1. The molecule has 0 fully saturated rings. The summed E-state index contributed by atoms with van der Waals surface area (Å²) in [6.07, 6.45) is 5.92. The molecule has 3 aromatic heterocycles. The molecule has 9 nitrogen and oxygen atoms in total. The van der Waals surface area contributed by atoms with Gasteiger partial charge in [0.2, 0.25) is 0 Å². The summed E-state index contributed by atoms with van der Waals surface area (Å²) < 4.78 is 63.8. The zero-order valence-corrected chi connectivity index (χ0v) is 21.4. The lowest BCUT2D eigenvalue weighted by Gasteiger charge is -2.22. The second-order valence-corrected chi connectivity index (χ2v) is 11.1. The molecule has 35 heavy (non-hydrogen) atoms. The summed E-state index contributed by atoms with van der Waals surface area (Å²) >= 11 is 0. The molecule has 11 heteroatoms. The Bertz CT molecular complexity index is 1510. The smallest absolute Gasteiger partial charge is 0.296 e. The van der Waals surface area contributed by atoms with Crippen LogP contribution in [0, 0.1) is 13.8 Å². The van der Waals surface area contributed by atoms with E-state index < -0.39 is 20.1 Å². The summed E-state index contributed by atoms with van der Waals surface area (Å²) in [6, 6.07) is 13.7. The van der Waals surface area contributed by atoms with Gasteiger partial charge < -0.3 is 8.98 Å². The highest BCUT2D eigenvalue weighted by molar-refractivity contribution is 7.92. The van der Waals surface area contributed by atoms with Crippen LogP contribution in [0.5, 0.6) is 0 Å². The van der Waals surface area contributed by atoms with Gasteiger partial charge in [0.1, 0.15) is 16.4 Å². The van der Waals surface area contributed by atoms with Crippen LogP contribution in [0.25, 0.3) is 11.3 Å². The number of aryl methyl sites for hydroxylation is 3. The Labute approximate surface area is 205 Å². The maximum atomic E-state index is 12.8. The standard InChI is InChI=1S/C18H18N2O3S.C6H9NO3S/c1-13-4-6-15(18-7-5-14(2)23-18)12-17(13)20(3)24(21,22)16-8-10-19-11-9-16;1-2-7-4-3-6(5-7)11(8,9)10/h4-12H,1-3H3;3-5H,2H2,1H3,(H,8,9,10). The number of pyridine rings is 1. The van der Waals surface area contributed by atoms with E-state index in [0.29, 0.717) is 18.0 Å². The maximum absolute atomic E-state index is 12.8. The minimum atomic E-state index is -4.01. The van der Waals surface area contributed by atoms with Crippen LogP contribution in [0.3, 0.4) is 0 Å². The molecule has 3 heterocycles. The molecule has 0 spiro atoms. The molecule has 0 aliphatic heterocycles. The SMILES string of the molecule is CCn1ccc(S(=O)(=O)O)c1.Cc1ccc(-c2ccc(C)c(N(C)S(=O)(=O)c3ccncc3)c2)o1. The van der Waals surface area contributed by atoms with Crippen molar-refractivity contribution in [3.05, 3.63) is 84.6 Å². The fraction of sp³-hybridized carbons (Fsp3) is 0.208. The van der Waals surface area contributed by atoms with Gasteiger partial charge in [-0.15, -0.1) is 0 Å². The molecule has 1 N–H and O–H groups in total. The normalized spacial score (nSPS) is 11.6. The Balaban J connectivity index is 0.000000261. The van der Waals surface area contributed by atoms with Gasteiger partial charge in [-0.25, -0.2) is 8.42 Å². The first kappa shape index (κ1) is 26.2. The van der Waals surface area contributed by atoms with Gasteiger partial charge in [-0.2, -0.15) is 8.42 Å². The molecule has 4 rings (SSSR count). The van der Waals surface area contributed by atoms with Gasteiger partial charge in [-0.3, -0.25) is 13.8 Å². The molecule has 0 aliphatic carbocycles. The number of sulfonamides is 1. The van der Waals surface area contributed by atoms with Crippen molar-refractivity contribution >= 4 is 25.8 Å². The van der Waals surface area contributed by atoms with E-state index in [4.69, 9.17) is 8.97 Å². The van der Waals surface area contributed by atoms with Crippen molar-refractivity contribution in [3.63, 3.8) is 0 Å². The average molecular weight is 518 g/mol. The predicted octanol–water partition coefficient (Wildman–Crippen LogP) is 4.54. The largest absolute Gasteiger partial charge is 0.461 e. The van der Waals surface area contributed by atoms with E-state index in [0.717, 1.165) is 16.9 Å². The van der Waals surface area contributed by atoms with Crippen molar-refractivity contribution in [2.75, 3.05) is 11.4 Å². The maximum Gasteiger partial charge on any atom is 0.296 e. The van der Waals surface area contributed by atoms with E-state index in [1.54, 1.807) is 17.8 Å². The average Bonchev–Trinajstić information content (AvgIpc) is 3.49. The third-order valence-corrected chi connectivity index (χ3v) is 7.89. The minimum Gasteiger partial charge on any atom is -0.461 e. The van der Waals surface area contributed by atoms with Gasteiger partial charge in [0, 0.05) is 43.9 Å². The van der Waals surface area contributed by atoms with Crippen LogP contribution < -0.4 is 4.31 Å². The molecular formula is C24H27N3O6S2. The van der Waals surface area contributed by atoms with Gasteiger partial charge in [0.05, 0.1) is 10.6 Å². The zero-order valence-electron chi connectivity index (χ0n) is 19.8. The van der Waals surface area contributed by atoms with E-state index in [2.05, 4.69) is 4.98 Å². The summed E-state index contributed by atoms with van der Waals surface area (Å²) in [5.41, 5.74) is 2.31. The van der Waals surface area contributed by atoms with Gasteiger partial charge in [-0.1, -0.05) is 12.1 Å². The second-order valence-electron chi connectivity index (χ2n) is 7.72. The first-order chi connectivity index (χ1) is 16.4. The number of hydrogen-bond donors (Lipinski definition) is 1. The molecule has 0 unspecified atom stereocenters. The fourth-order valence-corrected chi connectivity index (χ4v) is 5.00. The van der Waals surface area contributed by atoms with Gasteiger partial charge in [0.25, 0.3) is 20.1 Å². The molecule has 0 atom stereocenters. The minimum absolute atomic E-state index is 0.0562. The van der Waals surface area contributed by atoms with Gasteiger partial charge in [-0.05, 0) is 62.7 Å². The quantitative estimate of drug-likeness (QED) is 0.373. The van der Waals surface area contributed by atoms with E-state index in [1.165, 1.54) is 41.1 Å². The van der Waals surface area contributed by atoms with Crippen LogP contribution in [-0.4, -0.2) is 38.0 Å². The van der Waals surface area contributed by atoms with Crippen molar-refractivity contribution < 1.29 is 25.8 Å². The summed E-state index contributed by atoms with van der Waals surface area (Å²) in [7, 11) is -6.11. The highest BCUT2D eigenvalue weighted by atomic mass is 32.2. The lowest BCUT2D eigenvalue weighted by Crippen LogP contribution is -2.27. The Morgan fingerprint density at radius 3 is 2.17 bits per heavy atom. The van der Waals surface area contributed by atoms with Crippen LogP contribution in [0.1, 0.15) is 18.2 Å². The van der Waals surface area contributed by atoms with E-state index in [9.17, 15) is 16.8 Å². The molecule has 0 amide bonds. The first-order valence-corrected chi connectivity index (χ1v) is 13.5. The van der Waals surface area contributed by atoms with Crippen LogP contribution in [0.15, 0.2) is 87.5 Å². The molecule has 0 saturated heterocycles. The van der Waals surface area contributed by atoms with Gasteiger partial charge in [0.15, 0.2) is 0 Å². The highest BCUT2D eigenvalue weighted by Gasteiger charge is 2.23. The van der Waals surface area contributed by atoms with E-state index in [1.807, 2.05) is 51.1 Å². The summed E-state index contributed by atoms with van der Waals surface area (Å²) in [5, 5.41) is 0. The fourth-order valence-electron chi connectivity index (χ4n) is 3.26. The number of furan rings is 1. The molecule has 0 bridgehead atoms. The predicted molar refractivity (Wildman–Crippen MR) is 133 cm³/mol. The number of hydrogen-bond acceptors (Lipinski definition) is 6. The van der Waals surface area contributed by atoms with Gasteiger partial charge >= 0.3 is 0 Å². The highest BCUT2D eigenvalue weighted by Crippen LogP contribution is 2.31. The molecule has 4 aromatic rings. The second kappa shape index (κ2) is 10.5. The number of aromatic nitrogens is 2. The van der Waals surface area contributed by atoms with Crippen molar-refractivity contribution in [2.45, 2.75) is 37.1 Å². The van der Waals surface area contributed by atoms with Crippen molar-refractivity contribution in [1.29, 1.82) is 0 Å². The Morgan fingerprint density at radius 1 is 0.971 bits per heavy atom. The van der Waals surface area contributed by atoms with Crippen molar-refractivity contribution in [1.82, 2.24) is 9.55 Å². The zero-order chi connectivity index (χ0) is 25.8. The van der Waals surface area contributed by atoms with Crippen LogP contribution in [-0.2, 0) is 26.7 Å². The summed E-state index contributed by atoms with van der Waals surface area (Å²) in [6.45, 7) is 6.33. The topological polar surface area (TPSA) is 123 Å². The molecular weight excluding hydrogens is 490 g/mol. The molecule has 186 valence electrons. The van der Waals surface area contributed by atoms with Crippen molar-refractivity contribution in [2.24, 2.45) is 0 Å². The number of nitrogens with zero attached hydrogens (tertiary/aromatic N) is 3. The van der Waals surface area contributed by atoms with Crippen LogP contribution in [0.2, 0.25) is 0 Å². The van der Waals surface area contributed by atoms with Crippen molar-refractivity contribution in [3.8, 4) is 11.3 Å².